The average Bonchev–Trinajstić information content (AvgIpc) is 2.46. The van der Waals surface area contributed by atoms with Crippen molar-refractivity contribution in [1.29, 1.82) is 0 Å². The van der Waals surface area contributed by atoms with Crippen molar-refractivity contribution in [3.05, 3.63) is 65.2 Å². The SMILES string of the molecule is O=Cc1cccc(SCc2ccc(C(=O)O)cc2)c1. The first kappa shape index (κ1) is 13.4. The minimum atomic E-state index is -0.919. The van der Waals surface area contributed by atoms with Crippen molar-refractivity contribution in [3.63, 3.8) is 0 Å². The number of carbonyl (C=O) groups excluding carboxylic acids is 1. The molecule has 0 aromatic heterocycles. The van der Waals surface area contributed by atoms with Crippen LogP contribution >= 0.6 is 11.8 Å². The normalized spacial score (nSPS) is 10.1. The molecule has 0 aliphatic rings. The lowest BCUT2D eigenvalue weighted by molar-refractivity contribution is 0.0696. The molecule has 0 saturated heterocycles. The van der Waals surface area contributed by atoms with Crippen molar-refractivity contribution in [2.45, 2.75) is 10.6 Å². The highest BCUT2D eigenvalue weighted by molar-refractivity contribution is 7.98. The van der Waals surface area contributed by atoms with E-state index in [-0.39, 0.29) is 5.56 Å². The van der Waals surface area contributed by atoms with E-state index in [9.17, 15) is 9.59 Å². The second kappa shape index (κ2) is 6.20. The van der Waals surface area contributed by atoms with Crippen LogP contribution in [0.5, 0.6) is 0 Å². The number of aldehydes is 1. The van der Waals surface area contributed by atoms with Crippen molar-refractivity contribution in [3.8, 4) is 0 Å². The minimum absolute atomic E-state index is 0.289. The van der Waals surface area contributed by atoms with E-state index in [1.54, 1.807) is 42.1 Å². The number of benzene rings is 2. The molecular formula is C15H12O3S. The van der Waals surface area contributed by atoms with Crippen LogP contribution in [0.2, 0.25) is 0 Å². The van der Waals surface area contributed by atoms with Gasteiger partial charge in [-0.2, -0.15) is 0 Å². The smallest absolute Gasteiger partial charge is 0.335 e. The largest absolute Gasteiger partial charge is 0.478 e. The molecule has 0 aliphatic heterocycles. The van der Waals surface area contributed by atoms with Crippen LogP contribution in [0.1, 0.15) is 26.3 Å². The molecule has 0 aliphatic carbocycles. The predicted molar refractivity (Wildman–Crippen MR) is 74.8 cm³/mol. The fourth-order valence-corrected chi connectivity index (χ4v) is 2.51. The Kier molecular flexibility index (Phi) is 4.36. The van der Waals surface area contributed by atoms with E-state index in [4.69, 9.17) is 5.11 Å². The van der Waals surface area contributed by atoms with Gasteiger partial charge in [0.2, 0.25) is 0 Å². The van der Waals surface area contributed by atoms with Gasteiger partial charge in [0, 0.05) is 16.2 Å². The van der Waals surface area contributed by atoms with Gasteiger partial charge in [-0.15, -0.1) is 11.8 Å². The molecule has 0 amide bonds. The standard InChI is InChI=1S/C15H12O3S/c16-9-12-2-1-3-14(8-12)19-10-11-4-6-13(7-5-11)15(17)18/h1-9H,10H2,(H,17,18). The molecular weight excluding hydrogens is 260 g/mol. The first-order valence-electron chi connectivity index (χ1n) is 5.69. The lowest BCUT2D eigenvalue weighted by Crippen LogP contribution is -1.95. The van der Waals surface area contributed by atoms with E-state index in [2.05, 4.69) is 0 Å². The zero-order valence-corrected chi connectivity index (χ0v) is 10.9. The van der Waals surface area contributed by atoms with Crippen molar-refractivity contribution >= 4 is 24.0 Å². The molecule has 0 atom stereocenters. The zero-order chi connectivity index (χ0) is 13.7. The Morgan fingerprint density at radius 2 is 1.89 bits per heavy atom. The van der Waals surface area contributed by atoms with E-state index in [0.29, 0.717) is 5.56 Å². The van der Waals surface area contributed by atoms with Crippen molar-refractivity contribution in [2.75, 3.05) is 0 Å². The maximum absolute atomic E-state index is 10.7. The van der Waals surface area contributed by atoms with Crippen LogP contribution in [0.3, 0.4) is 0 Å². The number of hydrogen-bond acceptors (Lipinski definition) is 3. The van der Waals surface area contributed by atoms with Crippen LogP contribution < -0.4 is 0 Å². The van der Waals surface area contributed by atoms with E-state index < -0.39 is 5.97 Å². The Bertz CT molecular complexity index is 591. The number of carboxylic acids is 1. The van der Waals surface area contributed by atoms with Gasteiger partial charge in [-0.25, -0.2) is 4.79 Å². The molecule has 0 radical (unpaired) electrons. The van der Waals surface area contributed by atoms with Gasteiger partial charge in [-0.05, 0) is 29.8 Å². The summed E-state index contributed by atoms with van der Waals surface area (Å²) in [6, 6.07) is 14.2. The second-order valence-electron chi connectivity index (χ2n) is 3.98. The first-order valence-corrected chi connectivity index (χ1v) is 6.68. The Hall–Kier alpha value is -2.07. The number of carboxylic acid groups (broad SMARTS) is 1. The Labute approximate surface area is 115 Å². The fraction of sp³-hybridized carbons (Fsp3) is 0.0667. The van der Waals surface area contributed by atoms with Crippen molar-refractivity contribution in [1.82, 2.24) is 0 Å². The number of thioether (sulfide) groups is 1. The molecule has 2 aromatic carbocycles. The highest BCUT2D eigenvalue weighted by Gasteiger charge is 2.02. The Balaban J connectivity index is 2.01. The summed E-state index contributed by atoms with van der Waals surface area (Å²) in [4.78, 5) is 22.4. The van der Waals surface area contributed by atoms with Gasteiger partial charge >= 0.3 is 5.97 Å². The number of carbonyl (C=O) groups is 2. The van der Waals surface area contributed by atoms with Crippen LogP contribution in [-0.2, 0) is 5.75 Å². The highest BCUT2D eigenvalue weighted by atomic mass is 32.2. The molecule has 0 fully saturated rings. The van der Waals surface area contributed by atoms with Gasteiger partial charge in [0.05, 0.1) is 5.56 Å². The van der Waals surface area contributed by atoms with E-state index in [1.807, 2.05) is 18.2 Å². The molecule has 0 bridgehead atoms. The van der Waals surface area contributed by atoms with Crippen LogP contribution in [0.25, 0.3) is 0 Å². The third-order valence-electron chi connectivity index (χ3n) is 2.60. The molecule has 19 heavy (non-hydrogen) atoms. The summed E-state index contributed by atoms with van der Waals surface area (Å²) in [5.74, 6) is -0.180. The van der Waals surface area contributed by atoms with Gasteiger partial charge in [0.1, 0.15) is 6.29 Å². The molecule has 0 unspecified atom stereocenters. The summed E-state index contributed by atoms with van der Waals surface area (Å²) >= 11 is 1.61. The lowest BCUT2D eigenvalue weighted by Gasteiger charge is -2.03. The van der Waals surface area contributed by atoms with Crippen molar-refractivity contribution < 1.29 is 14.7 Å². The summed E-state index contributed by atoms with van der Waals surface area (Å²) in [5, 5.41) is 8.80. The maximum Gasteiger partial charge on any atom is 0.335 e. The van der Waals surface area contributed by atoms with E-state index in [0.717, 1.165) is 22.5 Å². The predicted octanol–water partition coefficient (Wildman–Crippen LogP) is 3.49. The summed E-state index contributed by atoms with van der Waals surface area (Å²) in [5.41, 5.74) is 1.99. The Morgan fingerprint density at radius 3 is 2.53 bits per heavy atom. The second-order valence-corrected chi connectivity index (χ2v) is 5.03. The number of hydrogen-bond donors (Lipinski definition) is 1. The topological polar surface area (TPSA) is 54.4 Å². The summed E-state index contributed by atoms with van der Waals surface area (Å²) in [6.45, 7) is 0. The minimum Gasteiger partial charge on any atom is -0.478 e. The molecule has 96 valence electrons. The fourth-order valence-electron chi connectivity index (χ4n) is 1.59. The third kappa shape index (κ3) is 3.69. The molecule has 3 nitrogen and oxygen atoms in total. The number of aromatic carboxylic acids is 1. The van der Waals surface area contributed by atoms with E-state index >= 15 is 0 Å². The van der Waals surface area contributed by atoms with Crippen molar-refractivity contribution in [2.24, 2.45) is 0 Å². The maximum atomic E-state index is 10.7. The van der Waals surface area contributed by atoms with Gasteiger partial charge in [0.25, 0.3) is 0 Å². The monoisotopic (exact) mass is 272 g/mol. The van der Waals surface area contributed by atoms with Gasteiger partial charge in [0.15, 0.2) is 0 Å². The summed E-state index contributed by atoms with van der Waals surface area (Å²) in [6.07, 6.45) is 0.825. The van der Waals surface area contributed by atoms with Crippen LogP contribution in [0.15, 0.2) is 53.4 Å². The molecule has 2 aromatic rings. The molecule has 0 saturated carbocycles. The molecule has 4 heteroatoms. The Morgan fingerprint density at radius 1 is 1.16 bits per heavy atom. The molecule has 0 spiro atoms. The molecule has 0 heterocycles. The first-order chi connectivity index (χ1) is 9.19. The lowest BCUT2D eigenvalue weighted by atomic mass is 10.1. The quantitative estimate of drug-likeness (QED) is 0.668. The van der Waals surface area contributed by atoms with Gasteiger partial charge < -0.3 is 5.11 Å². The zero-order valence-electron chi connectivity index (χ0n) is 10.1. The molecule has 2 rings (SSSR count). The van der Waals surface area contributed by atoms with Crippen LogP contribution in [0.4, 0.5) is 0 Å². The average molecular weight is 272 g/mol. The van der Waals surface area contributed by atoms with Crippen LogP contribution in [0, 0.1) is 0 Å². The van der Waals surface area contributed by atoms with Crippen LogP contribution in [-0.4, -0.2) is 17.4 Å². The number of rotatable bonds is 5. The van der Waals surface area contributed by atoms with Gasteiger partial charge in [-0.3, -0.25) is 4.79 Å². The van der Waals surface area contributed by atoms with Gasteiger partial charge in [-0.1, -0.05) is 24.3 Å². The molecule has 1 N–H and O–H groups in total. The summed E-state index contributed by atoms with van der Waals surface area (Å²) < 4.78 is 0. The summed E-state index contributed by atoms with van der Waals surface area (Å²) in [7, 11) is 0. The highest BCUT2D eigenvalue weighted by Crippen LogP contribution is 2.23. The van der Waals surface area contributed by atoms with E-state index in [1.165, 1.54) is 0 Å². The third-order valence-corrected chi connectivity index (χ3v) is 3.67.